The van der Waals surface area contributed by atoms with Gasteiger partial charge >= 0.3 is 5.97 Å². The van der Waals surface area contributed by atoms with Crippen LogP contribution in [0, 0.1) is 5.92 Å². The fraction of sp³-hybridized carbons (Fsp3) is 0.522. The molecule has 2 aliphatic rings. The standard InChI is InChI=1S/C23H32N2O5/c1-5-30-22(26)17-8-12-25(13-9-17)16-23(10-6-7-11-24-23)18-14-19(27-2)21(29-4)20(15-18)28-3/h6-7,10-11,14-15,17,24H,5,8-9,12-13,16H2,1-4H3. The van der Waals surface area contributed by atoms with E-state index in [0.29, 0.717) is 23.9 Å². The first kappa shape index (κ1) is 22.0. The summed E-state index contributed by atoms with van der Waals surface area (Å²) in [7, 11) is 4.85. The summed E-state index contributed by atoms with van der Waals surface area (Å²) in [6.45, 7) is 4.72. The highest BCUT2D eigenvalue weighted by atomic mass is 16.5. The van der Waals surface area contributed by atoms with E-state index in [4.69, 9.17) is 18.9 Å². The van der Waals surface area contributed by atoms with Crippen molar-refractivity contribution < 1.29 is 23.7 Å². The molecule has 0 spiro atoms. The lowest BCUT2D eigenvalue weighted by Crippen LogP contribution is -2.51. The summed E-state index contributed by atoms with van der Waals surface area (Å²) in [4.78, 5) is 14.5. The van der Waals surface area contributed by atoms with Gasteiger partial charge in [-0.3, -0.25) is 4.79 Å². The Hall–Kier alpha value is -2.67. The van der Waals surface area contributed by atoms with Crippen molar-refractivity contribution in [2.45, 2.75) is 25.3 Å². The molecule has 1 saturated heterocycles. The number of methoxy groups -OCH3 is 3. The second-order valence-electron chi connectivity index (χ2n) is 7.55. The Bertz CT molecular complexity index is 774. The normalized spacial score (nSPS) is 21.7. The lowest BCUT2D eigenvalue weighted by Gasteiger charge is -2.41. The van der Waals surface area contributed by atoms with E-state index in [1.807, 2.05) is 37.4 Å². The van der Waals surface area contributed by atoms with Crippen LogP contribution in [-0.4, -0.2) is 58.4 Å². The molecule has 0 radical (unpaired) electrons. The molecule has 1 atom stereocenters. The first-order valence-electron chi connectivity index (χ1n) is 10.4. The third kappa shape index (κ3) is 4.56. The molecular weight excluding hydrogens is 384 g/mol. The highest BCUT2D eigenvalue weighted by Crippen LogP contribution is 2.42. The number of carbonyl (C=O) groups excluding carboxylic acids is 1. The minimum Gasteiger partial charge on any atom is -0.493 e. The fourth-order valence-corrected chi connectivity index (χ4v) is 4.17. The average Bonchev–Trinajstić information content (AvgIpc) is 2.79. The molecule has 3 rings (SSSR count). The quantitative estimate of drug-likeness (QED) is 0.654. The van der Waals surface area contributed by atoms with E-state index in [0.717, 1.165) is 38.0 Å². The maximum atomic E-state index is 12.1. The van der Waals surface area contributed by atoms with Crippen LogP contribution < -0.4 is 19.5 Å². The molecule has 7 nitrogen and oxygen atoms in total. The highest BCUT2D eigenvalue weighted by Gasteiger charge is 2.36. The summed E-state index contributed by atoms with van der Waals surface area (Å²) >= 11 is 0. The van der Waals surface area contributed by atoms with Crippen LogP contribution in [0.25, 0.3) is 0 Å². The molecule has 0 aliphatic carbocycles. The third-order valence-electron chi connectivity index (χ3n) is 5.79. The molecule has 0 amide bonds. The zero-order valence-corrected chi connectivity index (χ0v) is 18.3. The maximum absolute atomic E-state index is 12.1. The number of nitrogens with one attached hydrogen (secondary N) is 1. The van der Waals surface area contributed by atoms with Gasteiger partial charge in [0.25, 0.3) is 0 Å². The van der Waals surface area contributed by atoms with E-state index >= 15 is 0 Å². The smallest absolute Gasteiger partial charge is 0.309 e. The Balaban J connectivity index is 1.84. The van der Waals surface area contributed by atoms with Crippen LogP contribution in [0.4, 0.5) is 0 Å². The van der Waals surface area contributed by atoms with Gasteiger partial charge in [0.05, 0.1) is 39.4 Å². The van der Waals surface area contributed by atoms with Gasteiger partial charge in [0.1, 0.15) is 0 Å². The minimum atomic E-state index is -0.446. The minimum absolute atomic E-state index is 0.00641. The van der Waals surface area contributed by atoms with E-state index in [1.165, 1.54) is 0 Å². The SMILES string of the molecule is CCOC(=O)C1CCN(CC2(c3cc(OC)c(OC)c(OC)c3)C=CC=CN2)CC1. The summed E-state index contributed by atoms with van der Waals surface area (Å²) in [5, 5.41) is 3.54. The molecule has 1 fully saturated rings. The number of dihydropyridines is 1. The average molecular weight is 417 g/mol. The molecule has 1 N–H and O–H groups in total. The van der Waals surface area contributed by atoms with Gasteiger partial charge in [-0.05, 0) is 62.8 Å². The third-order valence-corrected chi connectivity index (χ3v) is 5.79. The zero-order chi connectivity index (χ0) is 21.6. The molecular formula is C23H32N2O5. The lowest BCUT2D eigenvalue weighted by molar-refractivity contribution is -0.149. The van der Waals surface area contributed by atoms with Crippen LogP contribution in [0.1, 0.15) is 25.3 Å². The van der Waals surface area contributed by atoms with Gasteiger partial charge in [0, 0.05) is 6.54 Å². The molecule has 2 aliphatic heterocycles. The number of allylic oxidation sites excluding steroid dienone is 2. The number of ether oxygens (including phenoxy) is 4. The topological polar surface area (TPSA) is 69.3 Å². The van der Waals surface area contributed by atoms with Crippen LogP contribution in [-0.2, 0) is 15.1 Å². The predicted octanol–water partition coefficient (Wildman–Crippen LogP) is 2.86. The molecule has 30 heavy (non-hydrogen) atoms. The van der Waals surface area contributed by atoms with Crippen molar-refractivity contribution in [3.8, 4) is 17.2 Å². The molecule has 1 unspecified atom stereocenters. The molecule has 1 aromatic rings. The zero-order valence-electron chi connectivity index (χ0n) is 18.3. The van der Waals surface area contributed by atoms with Gasteiger partial charge < -0.3 is 29.2 Å². The number of nitrogens with zero attached hydrogens (tertiary/aromatic N) is 1. The molecule has 0 saturated carbocycles. The summed E-state index contributed by atoms with van der Waals surface area (Å²) in [5.41, 5.74) is 0.573. The second-order valence-corrected chi connectivity index (χ2v) is 7.55. The Kier molecular flexibility index (Phi) is 7.26. The van der Waals surface area contributed by atoms with Crippen LogP contribution >= 0.6 is 0 Å². The van der Waals surface area contributed by atoms with Crippen molar-refractivity contribution in [3.63, 3.8) is 0 Å². The number of carbonyl (C=O) groups is 1. The molecule has 0 bridgehead atoms. The number of hydrogen-bond donors (Lipinski definition) is 1. The molecule has 164 valence electrons. The van der Waals surface area contributed by atoms with Gasteiger partial charge in [-0.2, -0.15) is 0 Å². The number of benzene rings is 1. The largest absolute Gasteiger partial charge is 0.493 e. The van der Waals surface area contributed by atoms with Crippen molar-refractivity contribution in [2.75, 3.05) is 47.6 Å². The molecule has 7 heteroatoms. The molecule has 2 heterocycles. The van der Waals surface area contributed by atoms with Crippen molar-refractivity contribution in [1.82, 2.24) is 10.2 Å². The van der Waals surface area contributed by atoms with Gasteiger partial charge in [0.2, 0.25) is 5.75 Å². The van der Waals surface area contributed by atoms with Gasteiger partial charge in [-0.15, -0.1) is 0 Å². The Labute approximate surface area is 178 Å². The van der Waals surface area contributed by atoms with Crippen LogP contribution in [0.2, 0.25) is 0 Å². The van der Waals surface area contributed by atoms with E-state index in [2.05, 4.69) is 16.3 Å². The summed E-state index contributed by atoms with van der Waals surface area (Å²) in [6.07, 6.45) is 9.75. The predicted molar refractivity (Wildman–Crippen MR) is 115 cm³/mol. The number of hydrogen-bond acceptors (Lipinski definition) is 7. The van der Waals surface area contributed by atoms with Gasteiger partial charge in [-0.25, -0.2) is 0 Å². The number of esters is 1. The highest BCUT2D eigenvalue weighted by molar-refractivity contribution is 5.72. The van der Waals surface area contributed by atoms with Crippen molar-refractivity contribution in [1.29, 1.82) is 0 Å². The number of piperidine rings is 1. The Morgan fingerprint density at radius 3 is 2.27 bits per heavy atom. The first-order valence-corrected chi connectivity index (χ1v) is 10.4. The Morgan fingerprint density at radius 1 is 1.10 bits per heavy atom. The summed E-state index contributed by atoms with van der Waals surface area (Å²) in [5.74, 6) is 1.74. The van der Waals surface area contributed by atoms with Gasteiger partial charge in [0.15, 0.2) is 11.5 Å². The second kappa shape index (κ2) is 9.89. The van der Waals surface area contributed by atoms with Crippen LogP contribution in [0.15, 0.2) is 36.6 Å². The van der Waals surface area contributed by atoms with E-state index in [-0.39, 0.29) is 11.9 Å². The van der Waals surface area contributed by atoms with Gasteiger partial charge in [-0.1, -0.05) is 12.2 Å². The van der Waals surface area contributed by atoms with E-state index in [9.17, 15) is 4.79 Å². The molecule has 0 aromatic heterocycles. The molecule has 1 aromatic carbocycles. The van der Waals surface area contributed by atoms with Crippen molar-refractivity contribution in [3.05, 3.63) is 42.1 Å². The maximum Gasteiger partial charge on any atom is 0.309 e. The van der Waals surface area contributed by atoms with E-state index < -0.39 is 5.54 Å². The van der Waals surface area contributed by atoms with Crippen molar-refractivity contribution in [2.24, 2.45) is 5.92 Å². The summed E-state index contributed by atoms with van der Waals surface area (Å²) < 4.78 is 21.8. The summed E-state index contributed by atoms with van der Waals surface area (Å²) in [6, 6.07) is 3.98. The first-order chi connectivity index (χ1) is 14.6. The number of rotatable bonds is 8. The number of likely N-dealkylation sites (tertiary alicyclic amines) is 1. The van der Waals surface area contributed by atoms with Crippen LogP contribution in [0.5, 0.6) is 17.2 Å². The lowest BCUT2D eigenvalue weighted by atomic mass is 9.85. The Morgan fingerprint density at radius 2 is 1.77 bits per heavy atom. The monoisotopic (exact) mass is 416 g/mol. The van der Waals surface area contributed by atoms with E-state index in [1.54, 1.807) is 21.3 Å². The van der Waals surface area contributed by atoms with Crippen molar-refractivity contribution >= 4 is 5.97 Å². The van der Waals surface area contributed by atoms with Crippen LogP contribution in [0.3, 0.4) is 0 Å². The fourth-order valence-electron chi connectivity index (χ4n) is 4.17.